The highest BCUT2D eigenvalue weighted by molar-refractivity contribution is 9.28. The van der Waals surface area contributed by atoms with Gasteiger partial charge in [-0.2, -0.15) is 0 Å². The summed E-state index contributed by atoms with van der Waals surface area (Å²) in [4.78, 5) is 15.2. The number of nitrogens with zero attached hydrogens (tertiary/aromatic N) is 3. The van der Waals surface area contributed by atoms with Gasteiger partial charge in [-0.25, -0.2) is 4.39 Å². The van der Waals surface area contributed by atoms with Crippen LogP contribution < -0.4 is 28.4 Å². The molecule has 0 saturated carbocycles. The molecule has 3 aromatic rings. The SMILES string of the molecule is CC(C)=NOCCCOc1c(Cl)cc(OCC=C(Br)Br)cc1Br.CC(C)=NOCCCOc1c(Cl)cc(OCC=C(Cl)Cl)cc1Br.CC(C)=NOCCCOc1c(F)cc(OC/C=C(\Cl)Br)cc1Cl. The maximum absolute atomic E-state index is 14.0. The van der Waals surface area contributed by atoms with E-state index in [-0.39, 0.29) is 40.8 Å². The fraction of sp³-hybridized carbons (Fsp3) is 0.400. The largest absolute Gasteiger partial charge is 0.491 e. The zero-order valence-electron chi connectivity index (χ0n) is 38.2. The quantitative estimate of drug-likeness (QED) is 0.0417. The molecule has 12 nitrogen and oxygen atoms in total. The van der Waals surface area contributed by atoms with E-state index >= 15 is 0 Å². The summed E-state index contributed by atoms with van der Waals surface area (Å²) in [6.45, 7) is 14.6. The van der Waals surface area contributed by atoms with Gasteiger partial charge in [0.05, 0.1) is 68.3 Å². The number of rotatable bonds is 27. The molecule has 3 aromatic carbocycles. The van der Waals surface area contributed by atoms with Crippen molar-refractivity contribution in [1.29, 1.82) is 0 Å². The first kappa shape index (κ1) is 65.2. The Labute approximate surface area is 475 Å². The monoisotopic (exact) mass is 1400 g/mol. The second-order valence-electron chi connectivity index (χ2n) is 13.8. The van der Waals surface area contributed by atoms with E-state index < -0.39 is 5.82 Å². The Morgan fingerprint density at radius 3 is 1.17 bits per heavy atom. The van der Waals surface area contributed by atoms with Crippen molar-refractivity contribution in [2.75, 3.05) is 59.5 Å². The zero-order valence-corrected chi connectivity index (χ0v) is 50.7. The lowest BCUT2D eigenvalue weighted by atomic mass is 10.3. The molecular formula is C45H51Br5Cl6FN3O9. The summed E-state index contributed by atoms with van der Waals surface area (Å²) in [5, 5.41) is 12.5. The molecule has 0 bridgehead atoms. The Morgan fingerprint density at radius 2 is 0.841 bits per heavy atom. The molecule has 0 spiro atoms. The highest BCUT2D eigenvalue weighted by atomic mass is 79.9. The van der Waals surface area contributed by atoms with Crippen LogP contribution in [0.15, 0.2) is 90.9 Å². The smallest absolute Gasteiger partial charge is 0.173 e. The van der Waals surface area contributed by atoms with E-state index in [4.69, 9.17) is 113 Å². The molecule has 0 saturated heterocycles. The van der Waals surface area contributed by atoms with Crippen LogP contribution in [-0.2, 0) is 14.5 Å². The molecule has 0 amide bonds. The van der Waals surface area contributed by atoms with Gasteiger partial charge in [-0.3, -0.25) is 0 Å². The second-order valence-corrected chi connectivity index (χ2v) is 22.2. The standard InChI is InChI=1S/C15H17Br3ClNO3.C15H17BrCl3NO3.C15H17BrCl2FNO3/c1-10(2)20-23-6-3-5-22-15-12(16)8-11(9-13(15)19)21-7-4-14(17)18;1-10(2)20-23-6-3-5-22-15-12(16)8-11(9-13(15)17)21-7-4-14(18)19;1-10(2)20-23-6-3-5-22-15-12(17)8-11(9-13(15)19)21-7-4-14(16)18/h3*4,8-9H,3,5-7H2,1-2H3/b;;14-4-. The second kappa shape index (κ2) is 38.7. The van der Waals surface area contributed by atoms with Gasteiger partial charge in [-0.1, -0.05) is 85.1 Å². The number of ether oxygens (including phenoxy) is 6. The molecule has 0 aliphatic rings. The predicted octanol–water partition coefficient (Wildman–Crippen LogP) is 17.8. The molecule has 0 fully saturated rings. The average Bonchev–Trinajstić information content (AvgIpc) is 3.24. The van der Waals surface area contributed by atoms with Crippen LogP contribution >= 0.6 is 149 Å². The third-order valence-electron chi connectivity index (χ3n) is 7.00. The lowest BCUT2D eigenvalue weighted by molar-refractivity contribution is 0.126. The van der Waals surface area contributed by atoms with Crippen LogP contribution in [0.1, 0.15) is 60.8 Å². The molecule has 0 aliphatic carbocycles. The van der Waals surface area contributed by atoms with Crippen LogP contribution in [0, 0.1) is 5.82 Å². The Kier molecular flexibility index (Phi) is 36.6. The van der Waals surface area contributed by atoms with Crippen molar-refractivity contribution in [3.8, 4) is 34.5 Å². The molecule has 384 valence electrons. The third-order valence-corrected chi connectivity index (χ3v) is 10.5. The molecule has 0 unspecified atom stereocenters. The van der Waals surface area contributed by atoms with E-state index in [0.29, 0.717) is 100 Å². The maximum Gasteiger partial charge on any atom is 0.173 e. The van der Waals surface area contributed by atoms with Crippen LogP contribution in [0.25, 0.3) is 0 Å². The number of halogens is 12. The summed E-state index contributed by atoms with van der Waals surface area (Å²) >= 11 is 51.5. The van der Waals surface area contributed by atoms with Gasteiger partial charge in [-0.05, 0) is 152 Å². The van der Waals surface area contributed by atoms with Gasteiger partial charge in [0, 0.05) is 43.5 Å². The third kappa shape index (κ3) is 32.8. The summed E-state index contributed by atoms with van der Waals surface area (Å²) < 4.78 is 49.8. The van der Waals surface area contributed by atoms with E-state index in [2.05, 4.69) is 95.1 Å². The lowest BCUT2D eigenvalue weighted by Gasteiger charge is -2.12. The normalized spacial score (nSPS) is 10.4. The molecule has 0 heterocycles. The molecule has 0 aliphatic heterocycles. The van der Waals surface area contributed by atoms with E-state index in [9.17, 15) is 4.39 Å². The topological polar surface area (TPSA) is 120 Å². The van der Waals surface area contributed by atoms with E-state index in [1.165, 1.54) is 18.2 Å². The number of hydrogen-bond acceptors (Lipinski definition) is 12. The fourth-order valence-electron chi connectivity index (χ4n) is 4.29. The lowest BCUT2D eigenvalue weighted by Crippen LogP contribution is -2.04. The molecule has 0 atom stereocenters. The van der Waals surface area contributed by atoms with Crippen molar-refractivity contribution in [2.24, 2.45) is 15.5 Å². The van der Waals surface area contributed by atoms with Crippen LogP contribution in [-0.4, -0.2) is 76.6 Å². The van der Waals surface area contributed by atoms with Gasteiger partial charge in [0.1, 0.15) is 61.4 Å². The van der Waals surface area contributed by atoms with Crippen LogP contribution in [0.2, 0.25) is 15.1 Å². The summed E-state index contributed by atoms with van der Waals surface area (Å²) in [5.74, 6) is 2.07. The number of hydrogen-bond donors (Lipinski definition) is 0. The number of oxime groups is 3. The highest BCUT2D eigenvalue weighted by Crippen LogP contribution is 2.39. The van der Waals surface area contributed by atoms with Crippen molar-refractivity contribution in [3.63, 3.8) is 0 Å². The van der Waals surface area contributed by atoms with Gasteiger partial charge < -0.3 is 42.9 Å². The van der Waals surface area contributed by atoms with E-state index in [0.717, 1.165) is 25.0 Å². The molecule has 3 rings (SSSR count). The number of benzene rings is 3. The highest BCUT2D eigenvalue weighted by Gasteiger charge is 2.14. The first-order valence-corrected chi connectivity index (χ1v) is 26.6. The van der Waals surface area contributed by atoms with Crippen molar-refractivity contribution < 1.29 is 47.3 Å². The van der Waals surface area contributed by atoms with Crippen LogP contribution in [0.5, 0.6) is 34.5 Å². The van der Waals surface area contributed by atoms with E-state index in [1.54, 1.807) is 24.3 Å². The summed E-state index contributed by atoms with van der Waals surface area (Å²) in [6, 6.07) is 9.66. The Hall–Kier alpha value is -1.84. The zero-order chi connectivity index (χ0) is 51.7. The minimum absolute atomic E-state index is 0.0109. The van der Waals surface area contributed by atoms with Crippen LogP contribution in [0.3, 0.4) is 0 Å². The molecular weight excluding hydrogens is 1360 g/mol. The van der Waals surface area contributed by atoms with Crippen molar-refractivity contribution >= 4 is 166 Å². The molecule has 0 N–H and O–H groups in total. The summed E-state index contributed by atoms with van der Waals surface area (Å²) in [6.07, 6.45) is 6.92. The minimum atomic E-state index is -0.593. The fourth-order valence-corrected chi connectivity index (χ4v) is 6.99. The average molecular weight is 1410 g/mol. The van der Waals surface area contributed by atoms with Gasteiger partial charge in [0.25, 0.3) is 0 Å². The van der Waals surface area contributed by atoms with Crippen LogP contribution in [0.4, 0.5) is 4.39 Å². The Morgan fingerprint density at radius 1 is 0.493 bits per heavy atom. The van der Waals surface area contributed by atoms with Gasteiger partial charge >= 0.3 is 0 Å². The first-order chi connectivity index (χ1) is 32.7. The Balaban J connectivity index is 0.000000517. The van der Waals surface area contributed by atoms with Crippen molar-refractivity contribution in [1.82, 2.24) is 0 Å². The van der Waals surface area contributed by atoms with Crippen molar-refractivity contribution in [2.45, 2.75) is 60.8 Å². The van der Waals surface area contributed by atoms with Crippen molar-refractivity contribution in [3.05, 3.63) is 96.3 Å². The molecule has 24 heteroatoms. The predicted molar refractivity (Wildman–Crippen MR) is 299 cm³/mol. The van der Waals surface area contributed by atoms with Gasteiger partial charge in [-0.15, -0.1) is 0 Å². The maximum atomic E-state index is 14.0. The molecule has 0 radical (unpaired) electrons. The first-order valence-electron chi connectivity index (χ1n) is 20.4. The minimum Gasteiger partial charge on any atom is -0.491 e. The molecule has 0 aromatic heterocycles. The summed E-state index contributed by atoms with van der Waals surface area (Å²) in [7, 11) is 0. The Bertz CT molecular complexity index is 1890. The molecule has 69 heavy (non-hydrogen) atoms. The van der Waals surface area contributed by atoms with E-state index in [1.807, 2.05) is 53.7 Å². The van der Waals surface area contributed by atoms with Gasteiger partial charge in [0.15, 0.2) is 23.1 Å². The van der Waals surface area contributed by atoms with Gasteiger partial charge in [0.2, 0.25) is 0 Å². The summed E-state index contributed by atoms with van der Waals surface area (Å²) in [5.41, 5.74) is 2.58.